The number of hydrogen-bond donors (Lipinski definition) is 1. The Bertz CT molecular complexity index is 969. The third-order valence-corrected chi connectivity index (χ3v) is 7.60. The van der Waals surface area contributed by atoms with Crippen molar-refractivity contribution in [1.82, 2.24) is 4.98 Å². The number of anilines is 1. The van der Waals surface area contributed by atoms with Crippen molar-refractivity contribution in [3.8, 4) is 0 Å². The van der Waals surface area contributed by atoms with Crippen LogP contribution in [-0.4, -0.2) is 28.5 Å². The van der Waals surface area contributed by atoms with E-state index < -0.39 is 5.91 Å². The first kappa shape index (κ1) is 16.0. The molecule has 5 rings (SSSR count). The molecule has 1 aromatic carbocycles. The van der Waals surface area contributed by atoms with Crippen molar-refractivity contribution in [3.63, 3.8) is 0 Å². The van der Waals surface area contributed by atoms with E-state index in [4.69, 9.17) is 5.73 Å². The molecule has 0 spiro atoms. The van der Waals surface area contributed by atoms with Crippen molar-refractivity contribution in [1.29, 1.82) is 0 Å². The Morgan fingerprint density at radius 2 is 1.92 bits per heavy atom. The van der Waals surface area contributed by atoms with E-state index in [1.54, 1.807) is 6.07 Å². The van der Waals surface area contributed by atoms with E-state index >= 15 is 0 Å². The van der Waals surface area contributed by atoms with Gasteiger partial charge in [-0.3, -0.25) is 14.4 Å². The molecule has 4 atom stereocenters. The van der Waals surface area contributed by atoms with Crippen molar-refractivity contribution >= 4 is 56.7 Å². The Morgan fingerprint density at radius 3 is 2.58 bits per heavy atom. The number of allylic oxidation sites excluding steroid dienone is 2. The van der Waals surface area contributed by atoms with Gasteiger partial charge < -0.3 is 5.73 Å². The fourth-order valence-corrected chi connectivity index (χ4v) is 6.22. The lowest BCUT2D eigenvalue weighted by Gasteiger charge is -2.17. The monoisotopic (exact) mass is 385 g/mol. The fourth-order valence-electron chi connectivity index (χ4n) is 4.38. The van der Waals surface area contributed by atoms with Crippen LogP contribution in [0.25, 0.3) is 10.2 Å². The van der Waals surface area contributed by atoms with Crippen LogP contribution in [-0.2, 0) is 14.4 Å². The first-order valence-corrected chi connectivity index (χ1v) is 10.2. The highest BCUT2D eigenvalue weighted by atomic mass is 32.2. The zero-order valence-corrected chi connectivity index (χ0v) is 15.3. The van der Waals surface area contributed by atoms with Gasteiger partial charge in [-0.2, -0.15) is 0 Å². The number of carbonyl (C=O) groups excluding carboxylic acids is 3. The Hall–Kier alpha value is -2.19. The zero-order chi connectivity index (χ0) is 18.0. The van der Waals surface area contributed by atoms with E-state index in [0.717, 1.165) is 21.0 Å². The topological polar surface area (TPSA) is 93.4 Å². The molecule has 2 aromatic rings. The minimum Gasteiger partial charge on any atom is -0.369 e. The molecule has 1 aromatic heterocycles. The third kappa shape index (κ3) is 2.25. The van der Waals surface area contributed by atoms with Crippen molar-refractivity contribution in [2.75, 3.05) is 10.7 Å². The van der Waals surface area contributed by atoms with Crippen molar-refractivity contribution < 1.29 is 14.4 Å². The minimum atomic E-state index is -0.391. The molecular weight excluding hydrogens is 370 g/mol. The molecule has 26 heavy (non-hydrogen) atoms. The second-order valence-electron chi connectivity index (χ2n) is 6.90. The third-order valence-electron chi connectivity index (χ3n) is 5.42. The Kier molecular flexibility index (Phi) is 3.48. The smallest absolute Gasteiger partial charge is 0.238 e. The van der Waals surface area contributed by atoms with Gasteiger partial charge in [-0.1, -0.05) is 23.9 Å². The number of carbonyl (C=O) groups is 3. The molecule has 2 aliphatic carbocycles. The second kappa shape index (κ2) is 5.65. The van der Waals surface area contributed by atoms with Crippen LogP contribution in [0.2, 0.25) is 0 Å². The molecule has 3 amide bonds. The van der Waals surface area contributed by atoms with E-state index in [1.807, 2.05) is 12.1 Å². The van der Waals surface area contributed by atoms with Crippen LogP contribution in [0.4, 0.5) is 5.69 Å². The van der Waals surface area contributed by atoms with E-state index in [-0.39, 0.29) is 41.2 Å². The summed E-state index contributed by atoms with van der Waals surface area (Å²) in [6.45, 7) is 0. The molecule has 1 aliphatic heterocycles. The summed E-state index contributed by atoms with van der Waals surface area (Å²) >= 11 is 2.72. The molecule has 0 radical (unpaired) electrons. The highest BCUT2D eigenvalue weighted by Gasteiger charge is 2.59. The largest absolute Gasteiger partial charge is 0.369 e. The summed E-state index contributed by atoms with van der Waals surface area (Å²) in [6, 6.07) is 5.43. The summed E-state index contributed by atoms with van der Waals surface area (Å²) in [5, 5.41) is 0. The van der Waals surface area contributed by atoms with Gasteiger partial charge in [0.15, 0.2) is 4.34 Å². The summed E-state index contributed by atoms with van der Waals surface area (Å²) in [5.74, 6) is -0.362. The zero-order valence-electron chi connectivity index (χ0n) is 13.6. The maximum absolute atomic E-state index is 12.9. The van der Waals surface area contributed by atoms with Crippen LogP contribution in [0.15, 0.2) is 34.7 Å². The first-order chi connectivity index (χ1) is 12.5. The number of thiazole rings is 1. The standard InChI is InChI=1S/C18H15N3O3S2/c19-13(22)7-25-18-20-11-4-3-10(6-12(11)26-18)21-16(23)14-8-1-2-9(5-8)15(14)17(21)24/h1-4,6,8-9,14-15H,5,7H2,(H2,19,22)/t8-,9-,14-,15+/m0/s1. The van der Waals surface area contributed by atoms with Gasteiger partial charge in [-0.15, -0.1) is 11.3 Å². The van der Waals surface area contributed by atoms with E-state index in [9.17, 15) is 14.4 Å². The van der Waals surface area contributed by atoms with E-state index in [1.165, 1.54) is 28.0 Å². The molecule has 0 unspecified atom stereocenters. The number of hydrogen-bond acceptors (Lipinski definition) is 6. The average molecular weight is 385 g/mol. The summed E-state index contributed by atoms with van der Waals surface area (Å²) in [6.07, 6.45) is 5.11. The van der Waals surface area contributed by atoms with E-state index in [2.05, 4.69) is 17.1 Å². The Labute approximate surface area is 157 Å². The minimum absolute atomic E-state index is 0.0796. The molecule has 2 bridgehead atoms. The maximum atomic E-state index is 12.9. The summed E-state index contributed by atoms with van der Waals surface area (Å²) in [4.78, 5) is 42.6. The fraction of sp³-hybridized carbons (Fsp3) is 0.333. The number of nitrogens with two attached hydrogens (primary N) is 1. The molecule has 3 aliphatic rings. The van der Waals surface area contributed by atoms with Gasteiger partial charge >= 0.3 is 0 Å². The first-order valence-electron chi connectivity index (χ1n) is 8.41. The van der Waals surface area contributed by atoms with Gasteiger partial charge in [0.1, 0.15) is 0 Å². The van der Waals surface area contributed by atoms with Crippen LogP contribution in [0, 0.1) is 23.7 Å². The second-order valence-corrected chi connectivity index (χ2v) is 9.15. The number of fused-ring (bicyclic) bond motifs is 6. The number of amides is 3. The molecule has 2 heterocycles. The SMILES string of the molecule is NC(=O)CSc1nc2ccc(N3C(=O)[C@@H]4[C@H](C3=O)[C@H]3C=C[C@H]4C3)cc2s1. The number of thioether (sulfide) groups is 1. The quantitative estimate of drug-likeness (QED) is 0.495. The van der Waals surface area contributed by atoms with Crippen LogP contribution in [0.1, 0.15) is 6.42 Å². The molecule has 1 saturated heterocycles. The molecule has 8 heteroatoms. The molecule has 132 valence electrons. The van der Waals surface area contributed by atoms with Crippen molar-refractivity contribution in [2.24, 2.45) is 29.4 Å². The maximum Gasteiger partial charge on any atom is 0.238 e. The van der Waals surface area contributed by atoms with Crippen molar-refractivity contribution in [3.05, 3.63) is 30.4 Å². The highest BCUT2D eigenvalue weighted by molar-refractivity contribution is 8.01. The van der Waals surface area contributed by atoms with Gasteiger partial charge in [-0.05, 0) is 36.5 Å². The number of imide groups is 1. The van der Waals surface area contributed by atoms with Crippen LogP contribution < -0.4 is 10.6 Å². The van der Waals surface area contributed by atoms with Crippen molar-refractivity contribution in [2.45, 2.75) is 10.8 Å². The van der Waals surface area contributed by atoms with Crippen LogP contribution in [0.3, 0.4) is 0 Å². The van der Waals surface area contributed by atoms with Crippen LogP contribution in [0.5, 0.6) is 0 Å². The number of aromatic nitrogens is 1. The highest BCUT2D eigenvalue weighted by Crippen LogP contribution is 2.53. The number of rotatable bonds is 4. The lowest BCUT2D eigenvalue weighted by molar-refractivity contribution is -0.123. The molecule has 2 fully saturated rings. The van der Waals surface area contributed by atoms with Gasteiger partial charge in [0, 0.05) is 0 Å². The lowest BCUT2D eigenvalue weighted by Crippen LogP contribution is -2.32. The predicted octanol–water partition coefficient (Wildman–Crippen LogP) is 2.19. The Balaban J connectivity index is 1.47. The number of nitrogens with zero attached hydrogens (tertiary/aromatic N) is 2. The van der Waals surface area contributed by atoms with Gasteiger partial charge in [0.05, 0.1) is 33.5 Å². The normalized spacial score (nSPS) is 29.2. The van der Waals surface area contributed by atoms with Gasteiger partial charge in [-0.25, -0.2) is 9.88 Å². The van der Waals surface area contributed by atoms with Gasteiger partial charge in [0.2, 0.25) is 17.7 Å². The number of benzene rings is 1. The Morgan fingerprint density at radius 1 is 1.23 bits per heavy atom. The summed E-state index contributed by atoms with van der Waals surface area (Å²) in [5.41, 5.74) is 6.57. The predicted molar refractivity (Wildman–Crippen MR) is 99.7 cm³/mol. The van der Waals surface area contributed by atoms with Crippen LogP contribution >= 0.6 is 23.1 Å². The average Bonchev–Trinajstić information content (AvgIpc) is 3.35. The van der Waals surface area contributed by atoms with Gasteiger partial charge in [0.25, 0.3) is 0 Å². The summed E-state index contributed by atoms with van der Waals surface area (Å²) in [7, 11) is 0. The van der Waals surface area contributed by atoms with E-state index in [0.29, 0.717) is 5.69 Å². The molecule has 1 saturated carbocycles. The molecule has 2 N–H and O–H groups in total. The lowest BCUT2D eigenvalue weighted by atomic mass is 9.85. The molecule has 6 nitrogen and oxygen atoms in total. The summed E-state index contributed by atoms with van der Waals surface area (Å²) < 4.78 is 1.63. The number of primary amides is 1. The molecular formula is C18H15N3O3S2.